The third-order valence-corrected chi connectivity index (χ3v) is 8.87. The van der Waals surface area contributed by atoms with E-state index in [2.05, 4.69) is 23.1 Å². The summed E-state index contributed by atoms with van der Waals surface area (Å²) in [4.78, 5) is 17.4. The lowest BCUT2D eigenvalue weighted by molar-refractivity contribution is 0.0779. The van der Waals surface area contributed by atoms with E-state index in [1.807, 2.05) is 31.3 Å². The highest BCUT2D eigenvalue weighted by Crippen LogP contribution is 2.45. The predicted molar refractivity (Wildman–Crippen MR) is 152 cm³/mol. The predicted octanol–water partition coefficient (Wildman–Crippen LogP) is 7.32. The molecule has 2 aliphatic rings. The van der Waals surface area contributed by atoms with E-state index >= 15 is 0 Å². The second-order valence-electron chi connectivity index (χ2n) is 10.3. The summed E-state index contributed by atoms with van der Waals surface area (Å²) in [6.07, 6.45) is 3.09. The van der Waals surface area contributed by atoms with Gasteiger partial charge in [-0.05, 0) is 80.9 Å². The van der Waals surface area contributed by atoms with E-state index in [0.717, 1.165) is 56.8 Å². The highest BCUT2D eigenvalue weighted by Gasteiger charge is 2.42. The molecular formula is C30H31Cl3N2O2. The van der Waals surface area contributed by atoms with Gasteiger partial charge in [0.25, 0.3) is 5.91 Å². The van der Waals surface area contributed by atoms with Crippen molar-refractivity contribution in [1.29, 1.82) is 0 Å². The molecular weight excluding hydrogens is 527 g/mol. The summed E-state index contributed by atoms with van der Waals surface area (Å²) in [5.41, 5.74) is 3.18. The first-order chi connectivity index (χ1) is 17.8. The van der Waals surface area contributed by atoms with Crippen LogP contribution in [0.15, 0.2) is 66.7 Å². The molecule has 2 heterocycles. The maximum Gasteiger partial charge on any atom is 0.253 e. The first-order valence-corrected chi connectivity index (χ1v) is 13.9. The van der Waals surface area contributed by atoms with Crippen LogP contribution in [0.3, 0.4) is 0 Å². The summed E-state index contributed by atoms with van der Waals surface area (Å²) in [5.74, 6) is 1.12. The molecule has 1 atom stereocenters. The van der Waals surface area contributed by atoms with Gasteiger partial charge >= 0.3 is 0 Å². The Hall–Kier alpha value is -2.24. The number of likely N-dealkylation sites (N-methyl/N-ethyl adjacent to an activating group) is 1. The third-order valence-electron chi connectivity index (χ3n) is 7.90. The Bertz CT molecular complexity index is 1270. The quantitative estimate of drug-likeness (QED) is 0.305. The number of piperidine rings is 1. The summed E-state index contributed by atoms with van der Waals surface area (Å²) in [5, 5.41) is 1.62. The molecule has 0 saturated carbocycles. The van der Waals surface area contributed by atoms with Crippen molar-refractivity contribution < 1.29 is 9.53 Å². The number of rotatable bonds is 7. The molecule has 4 nitrogen and oxygen atoms in total. The molecule has 1 fully saturated rings. The van der Waals surface area contributed by atoms with Crippen molar-refractivity contribution in [2.75, 3.05) is 39.8 Å². The molecule has 0 bridgehead atoms. The average molecular weight is 558 g/mol. The smallest absolute Gasteiger partial charge is 0.253 e. The van der Waals surface area contributed by atoms with Gasteiger partial charge in [0.05, 0.1) is 16.7 Å². The van der Waals surface area contributed by atoms with Crippen molar-refractivity contribution in [2.24, 2.45) is 0 Å². The van der Waals surface area contributed by atoms with Gasteiger partial charge in [-0.3, -0.25) is 4.79 Å². The van der Waals surface area contributed by atoms with Crippen molar-refractivity contribution in [1.82, 2.24) is 9.80 Å². The fraction of sp³-hybridized carbons (Fsp3) is 0.367. The lowest BCUT2D eigenvalue weighted by Gasteiger charge is -2.39. The Morgan fingerprint density at radius 1 is 1.00 bits per heavy atom. The number of halogens is 3. The fourth-order valence-corrected chi connectivity index (χ4v) is 6.16. The van der Waals surface area contributed by atoms with Crippen LogP contribution in [0.2, 0.25) is 15.1 Å². The largest absolute Gasteiger partial charge is 0.492 e. The summed E-state index contributed by atoms with van der Waals surface area (Å²) in [6.45, 7) is 4.36. The van der Waals surface area contributed by atoms with Gasteiger partial charge in [0, 0.05) is 41.1 Å². The second-order valence-corrected chi connectivity index (χ2v) is 11.5. The number of ether oxygens (including phenoxy) is 1. The van der Waals surface area contributed by atoms with Crippen LogP contribution in [-0.4, -0.2) is 55.5 Å². The van der Waals surface area contributed by atoms with Gasteiger partial charge < -0.3 is 14.5 Å². The van der Waals surface area contributed by atoms with Crippen molar-refractivity contribution >= 4 is 40.7 Å². The molecule has 3 aromatic carbocycles. The number of likely N-dealkylation sites (tertiary alicyclic amines) is 1. The van der Waals surface area contributed by atoms with E-state index in [1.165, 1.54) is 5.56 Å². The van der Waals surface area contributed by atoms with E-state index in [1.54, 1.807) is 29.2 Å². The van der Waals surface area contributed by atoms with Crippen molar-refractivity contribution in [3.8, 4) is 5.75 Å². The van der Waals surface area contributed by atoms with Crippen molar-refractivity contribution in [3.05, 3.63) is 98.5 Å². The Balaban J connectivity index is 1.26. The van der Waals surface area contributed by atoms with Gasteiger partial charge in [0.1, 0.15) is 5.75 Å². The maximum absolute atomic E-state index is 13.1. The van der Waals surface area contributed by atoms with Crippen LogP contribution >= 0.6 is 34.8 Å². The van der Waals surface area contributed by atoms with E-state index in [9.17, 15) is 4.79 Å². The fourth-order valence-electron chi connectivity index (χ4n) is 5.67. The molecule has 1 saturated heterocycles. The summed E-state index contributed by atoms with van der Waals surface area (Å²) in [6, 6.07) is 21.4. The van der Waals surface area contributed by atoms with Crippen molar-refractivity contribution in [2.45, 2.75) is 30.6 Å². The van der Waals surface area contributed by atoms with Crippen molar-refractivity contribution in [3.63, 3.8) is 0 Å². The maximum atomic E-state index is 13.1. The van der Waals surface area contributed by atoms with E-state index in [-0.39, 0.29) is 17.2 Å². The zero-order valence-corrected chi connectivity index (χ0v) is 23.2. The minimum Gasteiger partial charge on any atom is -0.492 e. The Morgan fingerprint density at radius 3 is 2.54 bits per heavy atom. The summed E-state index contributed by atoms with van der Waals surface area (Å²) in [7, 11) is 1.84. The standard InChI is InChI=1S/C30H31Cl3N2O2/c1-34(29(36)22-5-4-6-24(31)17-22)19-23(21-9-10-26(32)27(33)18-21)11-14-35-15-12-30(13-16-35)20-37-28-8-3-2-7-25(28)30/h2-10,17-18,23H,11-16,19-20H2,1H3. The lowest BCUT2D eigenvalue weighted by atomic mass is 9.74. The Morgan fingerprint density at radius 2 is 1.78 bits per heavy atom. The number of fused-ring (bicyclic) bond motifs is 2. The van der Waals surface area contributed by atoms with Gasteiger partial charge in [-0.25, -0.2) is 0 Å². The number of benzene rings is 3. The number of hydrogen-bond donors (Lipinski definition) is 0. The molecule has 1 unspecified atom stereocenters. The second kappa shape index (κ2) is 11.2. The van der Waals surface area contributed by atoms with Gasteiger partial charge in [0.2, 0.25) is 0 Å². The molecule has 1 spiro atoms. The summed E-state index contributed by atoms with van der Waals surface area (Å²) >= 11 is 18.7. The monoisotopic (exact) mass is 556 g/mol. The highest BCUT2D eigenvalue weighted by atomic mass is 35.5. The molecule has 1 amide bonds. The highest BCUT2D eigenvalue weighted by molar-refractivity contribution is 6.42. The first kappa shape index (κ1) is 26.4. The zero-order valence-electron chi connectivity index (χ0n) is 20.9. The molecule has 0 radical (unpaired) electrons. The number of hydrogen-bond acceptors (Lipinski definition) is 3. The molecule has 0 aromatic heterocycles. The molecule has 194 valence electrons. The number of nitrogens with zero attached hydrogens (tertiary/aromatic N) is 2. The molecule has 7 heteroatoms. The SMILES string of the molecule is CN(CC(CCN1CCC2(CC1)COc1ccccc12)c1ccc(Cl)c(Cl)c1)C(=O)c1cccc(Cl)c1. The van der Waals surface area contributed by atoms with Crippen LogP contribution < -0.4 is 4.74 Å². The van der Waals surface area contributed by atoms with E-state index in [4.69, 9.17) is 39.5 Å². The van der Waals surface area contributed by atoms with Crippen LogP contribution in [0.1, 0.15) is 46.7 Å². The van der Waals surface area contributed by atoms with Gasteiger partial charge in [-0.15, -0.1) is 0 Å². The topological polar surface area (TPSA) is 32.8 Å². The number of amides is 1. The lowest BCUT2D eigenvalue weighted by Crippen LogP contribution is -2.44. The van der Waals surface area contributed by atoms with Gasteiger partial charge in [-0.2, -0.15) is 0 Å². The molecule has 0 N–H and O–H groups in total. The molecule has 2 aliphatic heterocycles. The number of carbonyl (C=O) groups is 1. The third kappa shape index (κ3) is 5.78. The minimum atomic E-state index is -0.0487. The molecule has 3 aromatic rings. The van der Waals surface area contributed by atoms with Gasteiger partial charge in [-0.1, -0.05) is 65.1 Å². The van der Waals surface area contributed by atoms with E-state index < -0.39 is 0 Å². The van der Waals surface area contributed by atoms with Crippen LogP contribution in [0.4, 0.5) is 0 Å². The average Bonchev–Trinajstić information content (AvgIpc) is 3.26. The zero-order chi connectivity index (χ0) is 26.0. The minimum absolute atomic E-state index is 0.0487. The Kier molecular flexibility index (Phi) is 8.02. The van der Waals surface area contributed by atoms with Crippen LogP contribution in [0, 0.1) is 0 Å². The van der Waals surface area contributed by atoms with Crippen LogP contribution in [-0.2, 0) is 5.41 Å². The van der Waals surface area contributed by atoms with Crippen LogP contribution in [0.5, 0.6) is 5.75 Å². The Labute approximate surface area is 234 Å². The number of carbonyl (C=O) groups excluding carboxylic acids is 1. The normalized spacial score (nSPS) is 17.3. The number of para-hydroxylation sites is 1. The molecule has 0 aliphatic carbocycles. The van der Waals surface area contributed by atoms with Crippen LogP contribution in [0.25, 0.3) is 0 Å². The first-order valence-electron chi connectivity index (χ1n) is 12.8. The molecule has 37 heavy (non-hydrogen) atoms. The molecule has 5 rings (SSSR count). The van der Waals surface area contributed by atoms with E-state index in [0.29, 0.717) is 27.2 Å². The summed E-state index contributed by atoms with van der Waals surface area (Å²) < 4.78 is 6.03. The van der Waals surface area contributed by atoms with Gasteiger partial charge in [0.15, 0.2) is 0 Å².